The Labute approximate surface area is 123 Å². The van der Waals surface area contributed by atoms with Crippen LogP contribution in [0.4, 0.5) is 10.5 Å². The normalized spacial score (nSPS) is 9.76. The van der Waals surface area contributed by atoms with Crippen molar-refractivity contribution in [3.8, 4) is 5.75 Å². The van der Waals surface area contributed by atoms with Gasteiger partial charge in [0.25, 0.3) is 0 Å². The molecule has 0 aromatic heterocycles. The average Bonchev–Trinajstić information content (AvgIpc) is 2.48. The number of ether oxygens (including phenoxy) is 1. The van der Waals surface area contributed by atoms with Crippen LogP contribution in [0.25, 0.3) is 6.08 Å². The molecule has 0 spiro atoms. The molecule has 4 nitrogen and oxygen atoms in total. The van der Waals surface area contributed by atoms with Gasteiger partial charge in [0.15, 0.2) is 5.78 Å². The molecule has 0 bridgehead atoms. The highest BCUT2D eigenvalue weighted by Crippen LogP contribution is 2.15. The Bertz CT molecular complexity index is 657. The largest absolute Gasteiger partial charge is 0.417 e. The van der Waals surface area contributed by atoms with Gasteiger partial charge in [-0.1, -0.05) is 24.8 Å². The average molecular weight is 281 g/mol. The standard InChI is InChI=1S/C17H15NO3/c1-3-13-4-10-16(11-5-13)21-17(20)18-15-8-6-14(7-9-15)12(2)19/h3-11H,1H2,2H3,(H,18,20). The van der Waals surface area contributed by atoms with Crippen LogP contribution in [0.3, 0.4) is 0 Å². The van der Waals surface area contributed by atoms with Crippen LogP contribution in [0.15, 0.2) is 55.1 Å². The predicted octanol–water partition coefficient (Wildman–Crippen LogP) is 4.14. The van der Waals surface area contributed by atoms with E-state index in [4.69, 9.17) is 4.74 Å². The smallest absolute Gasteiger partial charge is 0.410 e. The van der Waals surface area contributed by atoms with Crippen molar-refractivity contribution >= 4 is 23.6 Å². The zero-order chi connectivity index (χ0) is 15.2. The topological polar surface area (TPSA) is 55.4 Å². The summed E-state index contributed by atoms with van der Waals surface area (Å²) in [5.74, 6) is 0.421. The van der Waals surface area contributed by atoms with E-state index in [1.54, 1.807) is 54.6 Å². The minimum atomic E-state index is -0.586. The van der Waals surface area contributed by atoms with Crippen molar-refractivity contribution in [2.45, 2.75) is 6.92 Å². The molecule has 0 aliphatic heterocycles. The molecule has 2 aromatic rings. The number of nitrogens with one attached hydrogen (secondary N) is 1. The number of ketones is 1. The third kappa shape index (κ3) is 4.04. The second-order valence-corrected chi connectivity index (χ2v) is 4.42. The van der Waals surface area contributed by atoms with E-state index < -0.39 is 6.09 Å². The molecule has 0 aliphatic carbocycles. The highest BCUT2D eigenvalue weighted by molar-refractivity contribution is 5.95. The molecule has 0 saturated carbocycles. The van der Waals surface area contributed by atoms with E-state index in [9.17, 15) is 9.59 Å². The molecule has 0 fully saturated rings. The van der Waals surface area contributed by atoms with Gasteiger partial charge in [0, 0.05) is 11.3 Å². The van der Waals surface area contributed by atoms with Crippen LogP contribution in [0, 0.1) is 0 Å². The second kappa shape index (κ2) is 6.52. The minimum Gasteiger partial charge on any atom is -0.410 e. The highest BCUT2D eigenvalue weighted by Gasteiger charge is 2.06. The minimum absolute atomic E-state index is 0.0218. The molecule has 0 heterocycles. The molecule has 0 aliphatic rings. The summed E-state index contributed by atoms with van der Waals surface area (Å²) in [5.41, 5.74) is 2.10. The van der Waals surface area contributed by atoms with Crippen LogP contribution in [-0.2, 0) is 0 Å². The lowest BCUT2D eigenvalue weighted by Crippen LogP contribution is -2.16. The summed E-state index contributed by atoms with van der Waals surface area (Å²) in [7, 11) is 0. The zero-order valence-electron chi connectivity index (χ0n) is 11.6. The number of hydrogen-bond acceptors (Lipinski definition) is 3. The molecule has 1 amide bonds. The number of carbonyl (C=O) groups is 2. The summed E-state index contributed by atoms with van der Waals surface area (Å²) in [4.78, 5) is 22.9. The van der Waals surface area contributed by atoms with Gasteiger partial charge in [-0.25, -0.2) is 4.79 Å². The first-order valence-electron chi connectivity index (χ1n) is 6.41. The van der Waals surface area contributed by atoms with Gasteiger partial charge < -0.3 is 4.74 Å². The number of anilines is 1. The maximum Gasteiger partial charge on any atom is 0.417 e. The van der Waals surface area contributed by atoms with Crippen LogP contribution in [-0.4, -0.2) is 11.9 Å². The van der Waals surface area contributed by atoms with Gasteiger partial charge in [0.05, 0.1) is 0 Å². The molecule has 0 saturated heterocycles. The van der Waals surface area contributed by atoms with Crippen molar-refractivity contribution in [2.24, 2.45) is 0 Å². The molecule has 4 heteroatoms. The zero-order valence-corrected chi connectivity index (χ0v) is 11.6. The SMILES string of the molecule is C=Cc1ccc(OC(=O)Nc2ccc(C(C)=O)cc2)cc1. The second-order valence-electron chi connectivity index (χ2n) is 4.42. The third-order valence-corrected chi connectivity index (χ3v) is 2.86. The van der Waals surface area contributed by atoms with Gasteiger partial charge in [-0.05, 0) is 48.9 Å². The van der Waals surface area contributed by atoms with Crippen LogP contribution < -0.4 is 10.1 Å². The Morgan fingerprint density at radius 1 is 1.05 bits per heavy atom. The third-order valence-electron chi connectivity index (χ3n) is 2.86. The van der Waals surface area contributed by atoms with Crippen LogP contribution >= 0.6 is 0 Å². The molecule has 2 aromatic carbocycles. The van der Waals surface area contributed by atoms with E-state index in [-0.39, 0.29) is 5.78 Å². The quantitative estimate of drug-likeness (QED) is 0.857. The molecule has 0 radical (unpaired) electrons. The number of benzene rings is 2. The first kappa shape index (κ1) is 14.5. The Kier molecular flexibility index (Phi) is 4.51. The molecule has 2 rings (SSSR count). The highest BCUT2D eigenvalue weighted by atomic mass is 16.6. The fourth-order valence-corrected chi connectivity index (χ4v) is 1.71. The fraction of sp³-hybridized carbons (Fsp3) is 0.0588. The molecule has 21 heavy (non-hydrogen) atoms. The van der Waals surface area contributed by atoms with E-state index in [0.717, 1.165) is 5.56 Å². The number of Topliss-reactive ketones (excluding diaryl/α,β-unsaturated/α-hetero) is 1. The maximum absolute atomic E-state index is 11.7. The van der Waals surface area contributed by atoms with Crippen molar-refractivity contribution in [2.75, 3.05) is 5.32 Å². The van der Waals surface area contributed by atoms with Gasteiger partial charge in [0.2, 0.25) is 0 Å². The van der Waals surface area contributed by atoms with Gasteiger partial charge in [-0.3, -0.25) is 10.1 Å². The molecule has 0 atom stereocenters. The van der Waals surface area contributed by atoms with Gasteiger partial charge >= 0.3 is 6.09 Å². The molecular formula is C17H15NO3. The summed E-state index contributed by atoms with van der Waals surface area (Å²) in [6.45, 7) is 5.14. The number of hydrogen-bond donors (Lipinski definition) is 1. The molecule has 0 unspecified atom stereocenters. The van der Waals surface area contributed by atoms with E-state index >= 15 is 0 Å². The Morgan fingerprint density at radius 2 is 1.67 bits per heavy atom. The summed E-state index contributed by atoms with van der Waals surface area (Å²) < 4.78 is 5.14. The number of amides is 1. The molecule has 106 valence electrons. The van der Waals surface area contributed by atoms with Gasteiger partial charge in [0.1, 0.15) is 5.75 Å². The monoisotopic (exact) mass is 281 g/mol. The summed E-state index contributed by atoms with van der Waals surface area (Å²) in [6, 6.07) is 13.6. The summed E-state index contributed by atoms with van der Waals surface area (Å²) in [5, 5.41) is 2.59. The molecule has 1 N–H and O–H groups in total. The Morgan fingerprint density at radius 3 is 2.19 bits per heavy atom. The summed E-state index contributed by atoms with van der Waals surface area (Å²) in [6.07, 6.45) is 1.12. The van der Waals surface area contributed by atoms with Crippen molar-refractivity contribution in [1.29, 1.82) is 0 Å². The number of carbonyl (C=O) groups excluding carboxylic acids is 2. The first-order chi connectivity index (χ1) is 10.1. The van der Waals surface area contributed by atoms with Gasteiger partial charge in [-0.15, -0.1) is 0 Å². The lowest BCUT2D eigenvalue weighted by Gasteiger charge is -2.07. The van der Waals surface area contributed by atoms with E-state index in [2.05, 4.69) is 11.9 Å². The Balaban J connectivity index is 1.97. The van der Waals surface area contributed by atoms with Crippen molar-refractivity contribution in [3.05, 3.63) is 66.2 Å². The Hall–Kier alpha value is -2.88. The van der Waals surface area contributed by atoms with Crippen molar-refractivity contribution < 1.29 is 14.3 Å². The predicted molar refractivity (Wildman–Crippen MR) is 82.6 cm³/mol. The van der Waals surface area contributed by atoms with Crippen LogP contribution in [0.2, 0.25) is 0 Å². The summed E-state index contributed by atoms with van der Waals surface area (Å²) >= 11 is 0. The fourth-order valence-electron chi connectivity index (χ4n) is 1.71. The number of rotatable bonds is 4. The van der Waals surface area contributed by atoms with E-state index in [1.165, 1.54) is 6.92 Å². The van der Waals surface area contributed by atoms with E-state index in [1.807, 2.05) is 0 Å². The lowest BCUT2D eigenvalue weighted by atomic mass is 10.1. The van der Waals surface area contributed by atoms with Crippen molar-refractivity contribution in [3.63, 3.8) is 0 Å². The lowest BCUT2D eigenvalue weighted by molar-refractivity contribution is 0.101. The van der Waals surface area contributed by atoms with Gasteiger partial charge in [-0.2, -0.15) is 0 Å². The van der Waals surface area contributed by atoms with Crippen molar-refractivity contribution in [1.82, 2.24) is 0 Å². The molecular weight excluding hydrogens is 266 g/mol. The maximum atomic E-state index is 11.7. The van der Waals surface area contributed by atoms with E-state index in [0.29, 0.717) is 17.0 Å². The first-order valence-corrected chi connectivity index (χ1v) is 6.41. The van der Waals surface area contributed by atoms with Crippen LogP contribution in [0.5, 0.6) is 5.75 Å². The van der Waals surface area contributed by atoms with Crippen LogP contribution in [0.1, 0.15) is 22.8 Å².